The molecule has 3 fully saturated rings. The quantitative estimate of drug-likeness (QED) is 0.321. The molecule has 0 aromatic heterocycles. The van der Waals surface area contributed by atoms with E-state index in [2.05, 4.69) is 13.2 Å². The number of aliphatic hydroxyl groups is 1. The van der Waals surface area contributed by atoms with Crippen LogP contribution >= 0.6 is 23.4 Å². The monoisotopic (exact) mass is 580 g/mol. The Kier molecular flexibility index (Phi) is 7.88. The fourth-order valence-electron chi connectivity index (χ4n) is 6.85. The standard InChI is InChI=1S/C31H33ClN2O5S/c1-4-17-33(22-14-10-9-13-21(22)32)28(37)26-31-16-15-30(3,40-31)25(29(38)39-18-5-2)24(31)27(36)34(26)23(19-35)20-11-7-6-8-12-20/h4-14,23-26,35H,1-2,15-19H2,3H3/t23-,24+,25-,26?,30+,31?/m1/s1. The van der Waals surface area contributed by atoms with Crippen molar-refractivity contribution in [1.82, 2.24) is 4.90 Å². The smallest absolute Gasteiger partial charge is 0.311 e. The first kappa shape index (κ1) is 28.5. The summed E-state index contributed by atoms with van der Waals surface area (Å²) in [5.74, 6) is -2.62. The van der Waals surface area contributed by atoms with Crippen LogP contribution in [0.25, 0.3) is 0 Å². The number of amides is 2. The largest absolute Gasteiger partial charge is 0.461 e. The fraction of sp³-hybridized carbons (Fsp3) is 0.387. The number of hydrogen-bond acceptors (Lipinski definition) is 6. The number of carbonyl (C=O) groups is 3. The first-order valence-electron chi connectivity index (χ1n) is 13.4. The number of likely N-dealkylation sites (tertiary alicyclic amines) is 1. The van der Waals surface area contributed by atoms with Gasteiger partial charge in [-0.1, -0.05) is 72.8 Å². The number of para-hydroxylation sites is 1. The van der Waals surface area contributed by atoms with Gasteiger partial charge in [0.25, 0.3) is 5.91 Å². The number of aliphatic hydroxyl groups excluding tert-OH is 1. The van der Waals surface area contributed by atoms with Gasteiger partial charge in [0.1, 0.15) is 12.6 Å². The Morgan fingerprint density at radius 2 is 1.88 bits per heavy atom. The van der Waals surface area contributed by atoms with Gasteiger partial charge in [-0.25, -0.2) is 0 Å². The predicted molar refractivity (Wildman–Crippen MR) is 157 cm³/mol. The zero-order valence-electron chi connectivity index (χ0n) is 22.4. The highest BCUT2D eigenvalue weighted by molar-refractivity contribution is 8.02. The summed E-state index contributed by atoms with van der Waals surface area (Å²) in [6.45, 7) is 9.30. The van der Waals surface area contributed by atoms with Crippen LogP contribution in [-0.2, 0) is 19.1 Å². The molecule has 3 aliphatic heterocycles. The fourth-order valence-corrected chi connectivity index (χ4v) is 9.41. The van der Waals surface area contributed by atoms with Crippen LogP contribution in [0.4, 0.5) is 5.69 Å². The molecule has 2 bridgehead atoms. The van der Waals surface area contributed by atoms with Gasteiger partial charge in [-0.05, 0) is 37.5 Å². The average molecular weight is 581 g/mol. The number of nitrogens with zero attached hydrogens (tertiary/aromatic N) is 2. The summed E-state index contributed by atoms with van der Waals surface area (Å²) in [6.07, 6.45) is 4.34. The van der Waals surface area contributed by atoms with Gasteiger partial charge >= 0.3 is 5.97 Å². The van der Waals surface area contributed by atoms with E-state index in [9.17, 15) is 19.5 Å². The van der Waals surface area contributed by atoms with E-state index in [1.807, 2.05) is 37.3 Å². The number of fused-ring (bicyclic) bond motifs is 1. The minimum Gasteiger partial charge on any atom is -0.461 e. The van der Waals surface area contributed by atoms with E-state index in [1.165, 1.54) is 11.0 Å². The maximum absolute atomic E-state index is 14.8. The molecule has 6 atom stereocenters. The first-order chi connectivity index (χ1) is 19.2. The molecule has 2 aromatic rings. The van der Waals surface area contributed by atoms with Crippen molar-refractivity contribution in [2.75, 3.05) is 24.7 Å². The Labute approximate surface area is 243 Å². The van der Waals surface area contributed by atoms with Crippen molar-refractivity contribution in [3.8, 4) is 0 Å². The van der Waals surface area contributed by atoms with Crippen molar-refractivity contribution in [3.05, 3.63) is 90.5 Å². The molecule has 3 saturated heterocycles. The summed E-state index contributed by atoms with van der Waals surface area (Å²) in [4.78, 5) is 45.8. The molecule has 0 aliphatic carbocycles. The molecular formula is C31H33ClN2O5S. The number of halogens is 1. The molecule has 9 heteroatoms. The molecule has 7 nitrogen and oxygen atoms in total. The van der Waals surface area contributed by atoms with Gasteiger partial charge in [-0.3, -0.25) is 14.4 Å². The highest BCUT2D eigenvalue weighted by Crippen LogP contribution is 2.72. The lowest BCUT2D eigenvalue weighted by atomic mass is 9.66. The van der Waals surface area contributed by atoms with Gasteiger partial charge in [-0.2, -0.15) is 0 Å². The molecule has 3 aliphatic rings. The van der Waals surface area contributed by atoms with E-state index in [0.29, 0.717) is 29.1 Å². The number of hydrogen-bond donors (Lipinski definition) is 1. The van der Waals surface area contributed by atoms with E-state index < -0.39 is 39.4 Å². The maximum atomic E-state index is 14.8. The van der Waals surface area contributed by atoms with Crippen LogP contribution in [0, 0.1) is 11.8 Å². The number of carbonyl (C=O) groups excluding carboxylic acids is 3. The van der Waals surface area contributed by atoms with Crippen LogP contribution in [0.1, 0.15) is 31.4 Å². The van der Waals surface area contributed by atoms with E-state index in [4.69, 9.17) is 16.3 Å². The molecule has 5 rings (SSSR count). The van der Waals surface area contributed by atoms with Gasteiger partial charge in [-0.15, -0.1) is 18.3 Å². The Balaban J connectivity index is 1.67. The topological polar surface area (TPSA) is 87.1 Å². The first-order valence-corrected chi connectivity index (χ1v) is 14.6. The molecule has 1 spiro atoms. The van der Waals surface area contributed by atoms with E-state index in [0.717, 1.165) is 0 Å². The second-order valence-electron chi connectivity index (χ2n) is 10.7. The zero-order valence-corrected chi connectivity index (χ0v) is 23.9. The molecular weight excluding hydrogens is 548 g/mol. The normalized spacial score (nSPS) is 29.1. The third kappa shape index (κ3) is 4.37. The Morgan fingerprint density at radius 3 is 2.52 bits per heavy atom. The lowest BCUT2D eigenvalue weighted by molar-refractivity contribution is -0.155. The Bertz CT molecular complexity index is 1340. The third-order valence-electron chi connectivity index (χ3n) is 8.46. The molecule has 2 amide bonds. The van der Waals surface area contributed by atoms with Gasteiger partial charge < -0.3 is 19.6 Å². The summed E-state index contributed by atoms with van der Waals surface area (Å²) >= 11 is 8.10. The van der Waals surface area contributed by atoms with Gasteiger partial charge in [0, 0.05) is 11.3 Å². The van der Waals surface area contributed by atoms with Crippen molar-refractivity contribution in [3.63, 3.8) is 0 Å². The predicted octanol–water partition coefficient (Wildman–Crippen LogP) is 4.80. The van der Waals surface area contributed by atoms with Gasteiger partial charge in [0.2, 0.25) is 5.91 Å². The lowest BCUT2D eigenvalue weighted by Crippen LogP contribution is -2.56. The third-order valence-corrected chi connectivity index (χ3v) is 10.8. The van der Waals surface area contributed by atoms with Crippen molar-refractivity contribution < 1.29 is 24.2 Å². The summed E-state index contributed by atoms with van der Waals surface area (Å²) < 4.78 is 4.05. The van der Waals surface area contributed by atoms with Crippen molar-refractivity contribution in [1.29, 1.82) is 0 Å². The molecule has 0 saturated carbocycles. The van der Waals surface area contributed by atoms with Crippen molar-refractivity contribution in [2.45, 2.75) is 41.3 Å². The van der Waals surface area contributed by atoms with Gasteiger partial charge in [0.15, 0.2) is 0 Å². The number of thioether (sulfide) groups is 1. The van der Waals surface area contributed by atoms with Crippen LogP contribution in [0.2, 0.25) is 5.02 Å². The van der Waals surface area contributed by atoms with E-state index in [1.54, 1.807) is 47.0 Å². The number of esters is 1. The molecule has 2 aromatic carbocycles. The number of rotatable bonds is 10. The number of benzene rings is 2. The summed E-state index contributed by atoms with van der Waals surface area (Å²) in [5, 5.41) is 11.1. The molecule has 0 radical (unpaired) electrons. The highest BCUT2D eigenvalue weighted by Gasteiger charge is 2.78. The van der Waals surface area contributed by atoms with E-state index >= 15 is 0 Å². The maximum Gasteiger partial charge on any atom is 0.311 e. The highest BCUT2D eigenvalue weighted by atomic mass is 35.5. The molecule has 40 heavy (non-hydrogen) atoms. The van der Waals surface area contributed by atoms with E-state index in [-0.39, 0.29) is 31.6 Å². The van der Waals surface area contributed by atoms with Crippen LogP contribution in [0.15, 0.2) is 79.9 Å². The Morgan fingerprint density at radius 1 is 1.18 bits per heavy atom. The van der Waals surface area contributed by atoms with Crippen molar-refractivity contribution in [2.24, 2.45) is 11.8 Å². The number of ether oxygens (including phenoxy) is 1. The van der Waals surface area contributed by atoms with Crippen LogP contribution in [0.5, 0.6) is 0 Å². The second kappa shape index (κ2) is 11.1. The van der Waals surface area contributed by atoms with Crippen LogP contribution in [-0.4, -0.2) is 63.1 Å². The van der Waals surface area contributed by atoms with Crippen LogP contribution < -0.4 is 4.90 Å². The minimum atomic E-state index is -0.956. The van der Waals surface area contributed by atoms with Crippen LogP contribution in [0.3, 0.4) is 0 Å². The Hall–Kier alpha value is -3.07. The van der Waals surface area contributed by atoms with Crippen molar-refractivity contribution >= 4 is 46.8 Å². The zero-order chi connectivity index (χ0) is 28.7. The summed E-state index contributed by atoms with van der Waals surface area (Å²) in [7, 11) is 0. The SMILES string of the molecule is C=CCOC(=O)[C@H]1[C@H]2C(=O)N([C@H](CO)c3ccccc3)C(C(=O)N(CC=C)c3ccccc3Cl)C23CC[C@]1(C)S3. The summed E-state index contributed by atoms with van der Waals surface area (Å²) in [5.41, 5.74) is 1.21. The molecule has 210 valence electrons. The summed E-state index contributed by atoms with van der Waals surface area (Å²) in [6, 6.07) is 14.5. The molecule has 1 N–H and O–H groups in total. The average Bonchev–Trinajstić information content (AvgIpc) is 3.52. The second-order valence-corrected chi connectivity index (χ2v) is 13.0. The molecule has 3 heterocycles. The molecule has 2 unspecified atom stereocenters. The van der Waals surface area contributed by atoms with Gasteiger partial charge in [0.05, 0.1) is 39.9 Å². The number of anilines is 1. The lowest BCUT2D eigenvalue weighted by Gasteiger charge is -2.40. The minimum absolute atomic E-state index is 0.0406.